The molecular formula is C20H27FN2O2. The fourth-order valence-corrected chi connectivity index (χ4v) is 2.45. The molecule has 25 heavy (non-hydrogen) atoms. The smallest absolute Gasteiger partial charge is 0.220 e. The molecule has 0 saturated heterocycles. The van der Waals surface area contributed by atoms with E-state index in [0.717, 1.165) is 35.7 Å². The highest BCUT2D eigenvalue weighted by Crippen LogP contribution is 2.24. The number of benzene rings is 1. The fourth-order valence-electron chi connectivity index (χ4n) is 2.45. The van der Waals surface area contributed by atoms with Crippen LogP contribution in [0.5, 0.6) is 0 Å². The zero-order valence-corrected chi connectivity index (χ0v) is 15.5. The summed E-state index contributed by atoms with van der Waals surface area (Å²) in [5.74, 6) is 1.40. The van der Waals surface area contributed by atoms with Gasteiger partial charge in [-0.3, -0.25) is 4.79 Å². The van der Waals surface area contributed by atoms with Gasteiger partial charge in [-0.1, -0.05) is 32.9 Å². The summed E-state index contributed by atoms with van der Waals surface area (Å²) in [6.45, 7) is 8.78. The maximum absolute atomic E-state index is 12.8. The highest BCUT2D eigenvalue weighted by Gasteiger charge is 2.21. The average Bonchev–Trinajstić information content (AvgIpc) is 2.92. The van der Waals surface area contributed by atoms with Crippen LogP contribution in [0, 0.1) is 12.7 Å². The lowest BCUT2D eigenvalue weighted by atomic mass is 9.97. The molecule has 5 heteroatoms. The Morgan fingerprint density at radius 2 is 1.88 bits per heavy atom. The van der Waals surface area contributed by atoms with Crippen molar-refractivity contribution < 1.29 is 13.6 Å². The number of aryl methyl sites for hydroxylation is 3. The van der Waals surface area contributed by atoms with Crippen molar-refractivity contribution in [3.63, 3.8) is 0 Å². The Bertz CT molecular complexity index is 699. The molecule has 1 aromatic heterocycles. The van der Waals surface area contributed by atoms with Gasteiger partial charge in [0.05, 0.1) is 5.69 Å². The van der Waals surface area contributed by atoms with Crippen molar-refractivity contribution in [3.05, 3.63) is 53.0 Å². The lowest BCUT2D eigenvalue weighted by Gasteiger charge is -2.12. The molecule has 0 spiro atoms. The quantitative estimate of drug-likeness (QED) is 0.768. The minimum atomic E-state index is -0.259. The lowest BCUT2D eigenvalue weighted by Crippen LogP contribution is -2.25. The molecule has 1 N–H and O–H groups in total. The van der Waals surface area contributed by atoms with E-state index in [0.29, 0.717) is 19.4 Å². The van der Waals surface area contributed by atoms with Crippen LogP contribution in [0.4, 0.5) is 4.39 Å². The summed E-state index contributed by atoms with van der Waals surface area (Å²) >= 11 is 0. The van der Waals surface area contributed by atoms with Gasteiger partial charge in [0, 0.05) is 24.8 Å². The second-order valence-electron chi connectivity index (χ2n) is 7.36. The molecule has 0 bridgehead atoms. The Morgan fingerprint density at radius 3 is 2.48 bits per heavy atom. The third-order valence-electron chi connectivity index (χ3n) is 3.99. The van der Waals surface area contributed by atoms with Crippen LogP contribution in [0.25, 0.3) is 0 Å². The molecule has 136 valence electrons. The maximum Gasteiger partial charge on any atom is 0.220 e. The molecule has 1 heterocycles. The van der Waals surface area contributed by atoms with E-state index in [9.17, 15) is 9.18 Å². The monoisotopic (exact) mass is 346 g/mol. The van der Waals surface area contributed by atoms with Crippen molar-refractivity contribution in [1.82, 2.24) is 10.3 Å². The van der Waals surface area contributed by atoms with Gasteiger partial charge in [0.2, 0.25) is 5.91 Å². The Balaban J connectivity index is 1.69. The van der Waals surface area contributed by atoms with E-state index < -0.39 is 0 Å². The van der Waals surface area contributed by atoms with E-state index in [4.69, 9.17) is 4.42 Å². The number of carbonyl (C=O) groups excluding carboxylic acids is 1. The molecule has 0 saturated carbocycles. The van der Waals surface area contributed by atoms with Gasteiger partial charge < -0.3 is 9.73 Å². The minimum absolute atomic E-state index is 0.00833. The first-order valence-corrected chi connectivity index (χ1v) is 8.73. The molecule has 0 aliphatic heterocycles. The van der Waals surface area contributed by atoms with Crippen LogP contribution in [0.1, 0.15) is 56.5 Å². The number of carbonyl (C=O) groups is 1. The SMILES string of the molecule is Cc1nc(C(C)(C)C)oc1CCCNC(=O)CCc1ccc(F)cc1. The average molecular weight is 346 g/mol. The topological polar surface area (TPSA) is 55.1 Å². The van der Waals surface area contributed by atoms with Gasteiger partial charge in [-0.25, -0.2) is 9.37 Å². The van der Waals surface area contributed by atoms with Gasteiger partial charge in [0.25, 0.3) is 0 Å². The summed E-state index contributed by atoms with van der Waals surface area (Å²) in [6.07, 6.45) is 2.58. The Kier molecular flexibility index (Phi) is 6.34. The van der Waals surface area contributed by atoms with E-state index in [2.05, 4.69) is 31.1 Å². The summed E-state index contributed by atoms with van der Waals surface area (Å²) < 4.78 is 18.7. The number of halogens is 1. The van der Waals surface area contributed by atoms with Gasteiger partial charge >= 0.3 is 0 Å². The van der Waals surface area contributed by atoms with Gasteiger partial charge in [-0.15, -0.1) is 0 Å². The van der Waals surface area contributed by atoms with Crippen LogP contribution in [-0.4, -0.2) is 17.4 Å². The van der Waals surface area contributed by atoms with Crippen molar-refractivity contribution in [2.24, 2.45) is 0 Å². The lowest BCUT2D eigenvalue weighted by molar-refractivity contribution is -0.121. The summed E-state index contributed by atoms with van der Waals surface area (Å²) in [7, 11) is 0. The summed E-state index contributed by atoms with van der Waals surface area (Å²) in [5.41, 5.74) is 1.79. The number of hydrogen-bond acceptors (Lipinski definition) is 3. The second-order valence-corrected chi connectivity index (χ2v) is 7.36. The Morgan fingerprint density at radius 1 is 1.20 bits per heavy atom. The zero-order chi connectivity index (χ0) is 18.4. The molecule has 0 atom stereocenters. The van der Waals surface area contributed by atoms with E-state index >= 15 is 0 Å². The van der Waals surface area contributed by atoms with Crippen molar-refractivity contribution in [3.8, 4) is 0 Å². The first-order valence-electron chi connectivity index (χ1n) is 8.73. The summed E-state index contributed by atoms with van der Waals surface area (Å²) in [4.78, 5) is 16.4. The van der Waals surface area contributed by atoms with Crippen LogP contribution in [0.2, 0.25) is 0 Å². The Hall–Kier alpha value is -2.17. The van der Waals surface area contributed by atoms with Crippen LogP contribution in [-0.2, 0) is 23.1 Å². The Labute approximate surface area is 148 Å². The predicted octanol–water partition coefficient (Wildman–Crippen LogP) is 4.10. The molecule has 0 unspecified atom stereocenters. The predicted molar refractivity (Wildman–Crippen MR) is 96.0 cm³/mol. The first-order chi connectivity index (χ1) is 11.8. The molecule has 4 nitrogen and oxygen atoms in total. The van der Waals surface area contributed by atoms with Crippen molar-refractivity contribution in [2.75, 3.05) is 6.54 Å². The number of nitrogens with zero attached hydrogens (tertiary/aromatic N) is 1. The molecule has 2 aromatic rings. The van der Waals surface area contributed by atoms with E-state index in [-0.39, 0.29) is 17.1 Å². The van der Waals surface area contributed by atoms with E-state index in [1.54, 1.807) is 12.1 Å². The first kappa shape index (κ1) is 19.2. The highest BCUT2D eigenvalue weighted by molar-refractivity contribution is 5.76. The molecule has 2 rings (SSSR count). The largest absolute Gasteiger partial charge is 0.445 e. The minimum Gasteiger partial charge on any atom is -0.445 e. The number of hydrogen-bond donors (Lipinski definition) is 1. The summed E-state index contributed by atoms with van der Waals surface area (Å²) in [5, 5.41) is 2.92. The number of oxazole rings is 1. The van der Waals surface area contributed by atoms with Crippen LogP contribution >= 0.6 is 0 Å². The van der Waals surface area contributed by atoms with Crippen molar-refractivity contribution in [1.29, 1.82) is 0 Å². The van der Waals surface area contributed by atoms with Crippen LogP contribution in [0.3, 0.4) is 0 Å². The summed E-state index contributed by atoms with van der Waals surface area (Å²) in [6, 6.07) is 6.25. The standard InChI is InChI=1S/C20H27FN2O2/c1-14-17(25-19(23-14)20(2,3)4)6-5-13-22-18(24)12-9-15-7-10-16(21)11-8-15/h7-8,10-11H,5-6,9,12-13H2,1-4H3,(H,22,24). The van der Waals surface area contributed by atoms with Crippen molar-refractivity contribution >= 4 is 5.91 Å². The maximum atomic E-state index is 12.8. The molecule has 1 amide bonds. The van der Waals surface area contributed by atoms with E-state index in [1.807, 2.05) is 6.92 Å². The molecule has 0 fully saturated rings. The van der Waals surface area contributed by atoms with Crippen LogP contribution in [0.15, 0.2) is 28.7 Å². The van der Waals surface area contributed by atoms with Crippen molar-refractivity contribution in [2.45, 2.75) is 58.8 Å². The number of nitrogens with one attached hydrogen (secondary N) is 1. The number of rotatable bonds is 7. The molecule has 0 aliphatic carbocycles. The normalized spacial score (nSPS) is 11.6. The second kappa shape index (κ2) is 8.28. The van der Waals surface area contributed by atoms with Gasteiger partial charge in [-0.2, -0.15) is 0 Å². The molecule has 0 aliphatic rings. The molecule has 0 radical (unpaired) electrons. The fraction of sp³-hybridized carbons (Fsp3) is 0.500. The van der Waals surface area contributed by atoms with Crippen LogP contribution < -0.4 is 5.32 Å². The van der Waals surface area contributed by atoms with E-state index in [1.165, 1.54) is 12.1 Å². The van der Waals surface area contributed by atoms with Gasteiger partial charge in [-0.05, 0) is 37.5 Å². The number of aromatic nitrogens is 1. The third-order valence-corrected chi connectivity index (χ3v) is 3.99. The number of amides is 1. The van der Waals surface area contributed by atoms with Gasteiger partial charge in [0.15, 0.2) is 5.89 Å². The molecule has 1 aromatic carbocycles. The zero-order valence-electron chi connectivity index (χ0n) is 15.5. The third kappa shape index (κ3) is 6.00. The molecular weight excluding hydrogens is 319 g/mol. The van der Waals surface area contributed by atoms with Gasteiger partial charge in [0.1, 0.15) is 11.6 Å². The highest BCUT2D eigenvalue weighted by atomic mass is 19.1.